The van der Waals surface area contributed by atoms with Gasteiger partial charge in [0, 0.05) is 25.6 Å². The van der Waals surface area contributed by atoms with Crippen molar-refractivity contribution in [1.82, 2.24) is 0 Å². The third kappa shape index (κ3) is 5.30. The van der Waals surface area contributed by atoms with Crippen LogP contribution in [0.25, 0.3) is 102 Å². The Hall–Kier alpha value is -7.06. The van der Waals surface area contributed by atoms with E-state index in [0.29, 0.717) is 0 Å². The topological polar surface area (TPSA) is 0 Å². The smallest absolute Gasteiger partial charge is 0.0361 e. The molecule has 11 aromatic rings. The normalized spacial score (nSPS) is 13.6. The lowest BCUT2D eigenvalue weighted by atomic mass is 9.80. The van der Waals surface area contributed by atoms with Gasteiger partial charge < -0.3 is 0 Å². The van der Waals surface area contributed by atoms with Gasteiger partial charge in [-0.15, -0.1) is 11.3 Å². The zero-order chi connectivity index (χ0) is 41.0. The van der Waals surface area contributed by atoms with Crippen LogP contribution in [0.15, 0.2) is 200 Å². The van der Waals surface area contributed by atoms with E-state index < -0.39 is 0 Å². The molecule has 0 saturated heterocycles. The SMILES string of the molecule is C=CC1=C(c2c(C)ccc3sc4ccccc4c23)c2ccc(-c3ccc4cc(-c5c6ccccc6c(-c6cccc7ccccc67)c6ccccc56)ccc4c3)cc2C1(C)C. The molecule has 1 heteroatoms. The maximum absolute atomic E-state index is 4.41. The average molecular weight is 795 g/mol. The van der Waals surface area contributed by atoms with Gasteiger partial charge in [0.15, 0.2) is 0 Å². The Kier molecular flexibility index (Phi) is 7.92. The molecular formula is C60H42S. The maximum atomic E-state index is 4.41. The first kappa shape index (κ1) is 35.8. The summed E-state index contributed by atoms with van der Waals surface area (Å²) in [7, 11) is 0. The summed E-state index contributed by atoms with van der Waals surface area (Å²) in [5.41, 5.74) is 15.3. The highest BCUT2D eigenvalue weighted by Crippen LogP contribution is 2.53. The largest absolute Gasteiger partial charge is 0.135 e. The van der Waals surface area contributed by atoms with Gasteiger partial charge in [0.05, 0.1) is 0 Å². The van der Waals surface area contributed by atoms with Gasteiger partial charge in [0.25, 0.3) is 0 Å². The van der Waals surface area contributed by atoms with Crippen LogP contribution in [0.1, 0.15) is 36.1 Å². The zero-order valence-electron chi connectivity index (χ0n) is 34.5. The first-order valence-corrected chi connectivity index (χ1v) is 22.1. The van der Waals surface area contributed by atoms with Crippen LogP contribution in [0, 0.1) is 6.92 Å². The van der Waals surface area contributed by atoms with Crippen molar-refractivity contribution >= 4 is 80.2 Å². The molecule has 12 rings (SSSR count). The fraction of sp³-hybridized carbons (Fsp3) is 0.0667. The molecule has 0 spiro atoms. The number of rotatable bonds is 5. The predicted molar refractivity (Wildman–Crippen MR) is 266 cm³/mol. The molecule has 0 nitrogen and oxygen atoms in total. The summed E-state index contributed by atoms with van der Waals surface area (Å²) >= 11 is 1.89. The Morgan fingerprint density at radius 1 is 0.443 bits per heavy atom. The minimum absolute atomic E-state index is 0.205. The standard InChI is InChI=1S/C60H42S/c1-5-51-58(55-36(2)25-32-54-59(55)50-22-12-13-24-53(50)61-54)49-31-30-41(35-52(49)60(51,3)4)39-26-27-40-34-42(29-28-38(40)33-39)56-45-18-8-10-20-47(45)57(48-21-11-9-19-46(48)56)44-23-14-16-37-15-6-7-17-43(37)44/h5-35H,1H2,2-4H3. The molecule has 0 radical (unpaired) electrons. The summed E-state index contributed by atoms with van der Waals surface area (Å²) in [5, 5.41) is 12.8. The molecule has 0 saturated carbocycles. The van der Waals surface area contributed by atoms with Crippen molar-refractivity contribution in [3.05, 3.63) is 222 Å². The molecule has 0 atom stereocenters. The number of hydrogen-bond acceptors (Lipinski definition) is 1. The van der Waals surface area contributed by atoms with Crippen LogP contribution in [-0.4, -0.2) is 0 Å². The maximum Gasteiger partial charge on any atom is 0.0361 e. The summed E-state index contributed by atoms with van der Waals surface area (Å²) in [5.74, 6) is 0. The number of hydrogen-bond donors (Lipinski definition) is 0. The van der Waals surface area contributed by atoms with E-state index in [0.717, 1.165) is 0 Å². The molecule has 288 valence electrons. The third-order valence-corrected chi connectivity index (χ3v) is 14.7. The summed E-state index contributed by atoms with van der Waals surface area (Å²) in [6.07, 6.45) is 2.11. The lowest BCUT2D eigenvalue weighted by molar-refractivity contribution is 0.655. The van der Waals surface area contributed by atoms with E-state index >= 15 is 0 Å². The Morgan fingerprint density at radius 2 is 1.02 bits per heavy atom. The van der Waals surface area contributed by atoms with Crippen LogP contribution in [0.5, 0.6) is 0 Å². The van der Waals surface area contributed by atoms with Crippen LogP contribution in [0.4, 0.5) is 0 Å². The molecule has 1 heterocycles. The minimum atomic E-state index is -0.205. The molecule has 0 fully saturated rings. The monoisotopic (exact) mass is 794 g/mol. The molecule has 0 unspecified atom stereocenters. The highest BCUT2D eigenvalue weighted by atomic mass is 32.1. The Bertz CT molecular complexity index is 3640. The Morgan fingerprint density at radius 3 is 1.74 bits per heavy atom. The van der Waals surface area contributed by atoms with Gasteiger partial charge in [-0.3, -0.25) is 0 Å². The van der Waals surface area contributed by atoms with Crippen LogP contribution >= 0.6 is 11.3 Å². The van der Waals surface area contributed by atoms with E-state index in [4.69, 9.17) is 0 Å². The van der Waals surface area contributed by atoms with Gasteiger partial charge in [0.1, 0.15) is 0 Å². The van der Waals surface area contributed by atoms with Gasteiger partial charge >= 0.3 is 0 Å². The molecular weight excluding hydrogens is 753 g/mol. The van der Waals surface area contributed by atoms with E-state index in [1.165, 1.54) is 130 Å². The molecule has 1 aromatic heterocycles. The highest BCUT2D eigenvalue weighted by molar-refractivity contribution is 7.25. The fourth-order valence-corrected chi connectivity index (χ4v) is 11.8. The second-order valence-electron chi connectivity index (χ2n) is 17.3. The van der Waals surface area contributed by atoms with Gasteiger partial charge in [-0.25, -0.2) is 0 Å². The Balaban J connectivity index is 0.976. The van der Waals surface area contributed by atoms with E-state index in [1.807, 2.05) is 11.3 Å². The van der Waals surface area contributed by atoms with Crippen molar-refractivity contribution in [2.75, 3.05) is 0 Å². The van der Waals surface area contributed by atoms with Crippen molar-refractivity contribution in [2.24, 2.45) is 0 Å². The summed E-state index contributed by atoms with van der Waals surface area (Å²) in [6.45, 7) is 11.4. The van der Waals surface area contributed by atoms with Crippen molar-refractivity contribution in [1.29, 1.82) is 0 Å². The van der Waals surface area contributed by atoms with Crippen LogP contribution < -0.4 is 0 Å². The van der Waals surface area contributed by atoms with Crippen LogP contribution in [0.3, 0.4) is 0 Å². The molecule has 1 aliphatic carbocycles. The van der Waals surface area contributed by atoms with Gasteiger partial charge in [-0.05, 0) is 147 Å². The van der Waals surface area contributed by atoms with E-state index in [1.54, 1.807) is 0 Å². The van der Waals surface area contributed by atoms with Crippen molar-refractivity contribution in [2.45, 2.75) is 26.2 Å². The predicted octanol–water partition coefficient (Wildman–Crippen LogP) is 17.3. The number of thiophene rings is 1. The highest BCUT2D eigenvalue weighted by Gasteiger charge is 2.38. The van der Waals surface area contributed by atoms with Crippen molar-refractivity contribution < 1.29 is 0 Å². The number of fused-ring (bicyclic) bond motifs is 8. The molecule has 61 heavy (non-hydrogen) atoms. The van der Waals surface area contributed by atoms with E-state index in [9.17, 15) is 0 Å². The molecule has 1 aliphatic rings. The Labute approximate surface area is 360 Å². The van der Waals surface area contributed by atoms with Gasteiger partial charge in [-0.1, -0.05) is 178 Å². The minimum Gasteiger partial charge on any atom is -0.135 e. The number of aryl methyl sites for hydroxylation is 1. The molecule has 0 N–H and O–H groups in total. The summed E-state index contributed by atoms with van der Waals surface area (Å²) < 4.78 is 2.66. The van der Waals surface area contributed by atoms with Gasteiger partial charge in [0.2, 0.25) is 0 Å². The zero-order valence-corrected chi connectivity index (χ0v) is 35.3. The van der Waals surface area contributed by atoms with E-state index in [-0.39, 0.29) is 5.41 Å². The van der Waals surface area contributed by atoms with Crippen molar-refractivity contribution in [3.8, 4) is 33.4 Å². The number of benzene rings is 10. The molecule has 0 aliphatic heterocycles. The molecule has 10 aromatic carbocycles. The van der Waals surface area contributed by atoms with Gasteiger partial charge in [-0.2, -0.15) is 0 Å². The fourth-order valence-electron chi connectivity index (χ4n) is 10.7. The summed E-state index contributed by atoms with van der Waals surface area (Å²) in [4.78, 5) is 0. The van der Waals surface area contributed by atoms with E-state index in [2.05, 4.69) is 215 Å². The second-order valence-corrected chi connectivity index (χ2v) is 18.3. The summed E-state index contributed by atoms with van der Waals surface area (Å²) in [6, 6.07) is 68.0. The quantitative estimate of drug-likeness (QED) is 0.152. The third-order valence-electron chi connectivity index (χ3n) is 13.6. The molecule has 0 bridgehead atoms. The number of allylic oxidation sites excluding steroid dienone is 2. The molecule has 0 amide bonds. The first-order chi connectivity index (χ1) is 29.9. The second kappa shape index (κ2) is 13.5. The van der Waals surface area contributed by atoms with Crippen LogP contribution in [-0.2, 0) is 5.41 Å². The average Bonchev–Trinajstić information content (AvgIpc) is 3.78. The lowest BCUT2D eigenvalue weighted by Crippen LogP contribution is -2.16. The lowest BCUT2D eigenvalue weighted by Gasteiger charge is -2.23. The van der Waals surface area contributed by atoms with Crippen molar-refractivity contribution in [3.63, 3.8) is 0 Å². The first-order valence-electron chi connectivity index (χ1n) is 21.3. The van der Waals surface area contributed by atoms with Crippen LogP contribution in [0.2, 0.25) is 0 Å².